The molecule has 0 aliphatic carbocycles. The SMILES string of the molecule is CCCCCCCCCCCCCCCCOc1ccc(C(=O)Oc2ccc(C(=O)Oc3ccc(C#C[Si](C)(C)C)cc3)cc2)cc1. The number of hydrogen-bond donors (Lipinski definition) is 0. The first-order valence-corrected chi connectivity index (χ1v) is 21.1. The Bertz CT molecular complexity index is 1390. The predicted molar refractivity (Wildman–Crippen MR) is 195 cm³/mol. The molecule has 0 spiro atoms. The Hall–Kier alpha value is -3.82. The van der Waals surface area contributed by atoms with E-state index in [2.05, 4.69) is 38.0 Å². The minimum absolute atomic E-state index is 0.343. The van der Waals surface area contributed by atoms with Gasteiger partial charge in [-0.05, 0) is 79.2 Å². The lowest BCUT2D eigenvalue weighted by Gasteiger charge is -2.08. The van der Waals surface area contributed by atoms with Crippen molar-refractivity contribution in [3.8, 4) is 28.7 Å². The monoisotopic (exact) mass is 654 g/mol. The third-order valence-corrected chi connectivity index (χ3v) is 8.68. The number of hydrogen-bond acceptors (Lipinski definition) is 5. The van der Waals surface area contributed by atoms with E-state index in [0.717, 1.165) is 17.7 Å². The van der Waals surface area contributed by atoms with Gasteiger partial charge in [0.05, 0.1) is 17.7 Å². The number of rotatable bonds is 20. The highest BCUT2D eigenvalue weighted by atomic mass is 28.3. The zero-order valence-corrected chi connectivity index (χ0v) is 30.1. The Morgan fingerprint density at radius 3 is 1.34 bits per heavy atom. The molecule has 3 rings (SSSR count). The van der Waals surface area contributed by atoms with Crippen LogP contribution in [0, 0.1) is 11.5 Å². The second-order valence-corrected chi connectivity index (χ2v) is 18.0. The number of unbranched alkanes of at least 4 members (excludes halogenated alkanes) is 13. The first-order valence-electron chi connectivity index (χ1n) is 17.6. The van der Waals surface area contributed by atoms with Crippen molar-refractivity contribution in [2.75, 3.05) is 6.61 Å². The normalized spacial score (nSPS) is 11.0. The highest BCUT2D eigenvalue weighted by Crippen LogP contribution is 2.20. The maximum Gasteiger partial charge on any atom is 0.343 e. The Morgan fingerprint density at radius 2 is 0.915 bits per heavy atom. The fraction of sp³-hybridized carbons (Fsp3) is 0.463. The van der Waals surface area contributed by atoms with Crippen LogP contribution in [0.25, 0.3) is 0 Å². The fourth-order valence-corrected chi connectivity index (χ4v) is 5.55. The maximum atomic E-state index is 12.7. The van der Waals surface area contributed by atoms with Gasteiger partial charge in [-0.2, -0.15) is 0 Å². The van der Waals surface area contributed by atoms with Crippen molar-refractivity contribution in [1.82, 2.24) is 0 Å². The minimum atomic E-state index is -1.46. The summed E-state index contributed by atoms with van der Waals surface area (Å²) < 4.78 is 16.9. The lowest BCUT2D eigenvalue weighted by Crippen LogP contribution is -2.16. The largest absolute Gasteiger partial charge is 0.494 e. The first kappa shape index (κ1) is 37.6. The van der Waals surface area contributed by atoms with Crippen molar-refractivity contribution >= 4 is 20.0 Å². The molecular weight excluding hydrogens is 601 g/mol. The van der Waals surface area contributed by atoms with Crippen molar-refractivity contribution in [2.45, 2.75) is 116 Å². The van der Waals surface area contributed by atoms with E-state index in [1.807, 2.05) is 12.1 Å². The lowest BCUT2D eigenvalue weighted by atomic mass is 10.0. The van der Waals surface area contributed by atoms with Gasteiger partial charge in [-0.3, -0.25) is 0 Å². The zero-order chi connectivity index (χ0) is 33.7. The first-order chi connectivity index (χ1) is 22.7. The standard InChI is InChI=1S/C41H54O5Si/c1-5-6-7-8-9-10-11-12-13-14-15-16-17-18-32-44-37-27-21-35(22-28-37)40(42)46-39-29-23-36(24-30-39)41(43)45-38-25-19-34(20-26-38)31-33-47(2,3)4/h19-30H,5-18,32H2,1-4H3. The predicted octanol–water partition coefficient (Wildman–Crippen LogP) is 11.2. The van der Waals surface area contributed by atoms with Crippen molar-refractivity contribution < 1.29 is 23.8 Å². The average Bonchev–Trinajstić information content (AvgIpc) is 3.06. The summed E-state index contributed by atoms with van der Waals surface area (Å²) in [4.78, 5) is 25.3. The van der Waals surface area contributed by atoms with Gasteiger partial charge in [0, 0.05) is 5.56 Å². The van der Waals surface area contributed by atoms with Crippen LogP contribution in [0.2, 0.25) is 19.6 Å². The molecule has 0 aliphatic rings. The summed E-state index contributed by atoms with van der Waals surface area (Å²) in [5.41, 5.74) is 4.99. The second-order valence-electron chi connectivity index (χ2n) is 13.3. The summed E-state index contributed by atoms with van der Waals surface area (Å²) in [6.45, 7) is 9.52. The quantitative estimate of drug-likeness (QED) is 0.0399. The van der Waals surface area contributed by atoms with Gasteiger partial charge in [0.15, 0.2) is 0 Å². The highest BCUT2D eigenvalue weighted by Gasteiger charge is 2.12. The second kappa shape index (κ2) is 21.1. The molecule has 6 heteroatoms. The molecule has 0 fully saturated rings. The van der Waals surface area contributed by atoms with E-state index in [1.165, 1.54) is 83.5 Å². The van der Waals surface area contributed by atoms with Gasteiger partial charge in [-0.15, -0.1) is 5.54 Å². The molecule has 0 unspecified atom stereocenters. The fourth-order valence-electron chi connectivity index (χ4n) is 5.03. The van der Waals surface area contributed by atoms with E-state index >= 15 is 0 Å². The molecule has 0 aliphatic heterocycles. The number of carbonyl (C=O) groups excluding carboxylic acids is 2. The number of esters is 2. The van der Waals surface area contributed by atoms with E-state index < -0.39 is 20.0 Å². The molecule has 3 aromatic carbocycles. The Balaban J connectivity index is 1.29. The van der Waals surface area contributed by atoms with E-state index in [1.54, 1.807) is 60.7 Å². The molecule has 0 saturated heterocycles. The van der Waals surface area contributed by atoms with E-state index in [4.69, 9.17) is 14.2 Å². The van der Waals surface area contributed by atoms with Gasteiger partial charge in [-0.1, -0.05) is 116 Å². The maximum absolute atomic E-state index is 12.7. The summed E-state index contributed by atoms with van der Waals surface area (Å²) in [6.07, 6.45) is 18.6. The van der Waals surface area contributed by atoms with Crippen molar-refractivity contribution in [2.24, 2.45) is 0 Å². The molecular formula is C41H54O5Si. The van der Waals surface area contributed by atoms with Crippen LogP contribution in [0.1, 0.15) is 123 Å². The molecule has 0 atom stereocenters. The van der Waals surface area contributed by atoms with Crippen LogP contribution < -0.4 is 14.2 Å². The smallest absolute Gasteiger partial charge is 0.343 e. The number of ether oxygens (including phenoxy) is 3. The van der Waals surface area contributed by atoms with Crippen molar-refractivity contribution in [3.05, 3.63) is 89.5 Å². The molecule has 5 nitrogen and oxygen atoms in total. The van der Waals surface area contributed by atoms with E-state index in [-0.39, 0.29) is 0 Å². The molecule has 0 N–H and O–H groups in total. The molecule has 3 aromatic rings. The molecule has 252 valence electrons. The van der Waals surface area contributed by atoms with Crippen LogP contribution in [-0.2, 0) is 0 Å². The molecule has 0 amide bonds. The summed E-state index contributed by atoms with van der Waals surface area (Å²) in [6, 6.07) is 20.5. The Labute approximate surface area is 284 Å². The molecule has 0 saturated carbocycles. The lowest BCUT2D eigenvalue weighted by molar-refractivity contribution is 0.0730. The molecule has 0 aromatic heterocycles. The summed E-state index contributed by atoms with van der Waals surface area (Å²) in [5.74, 6) is 3.74. The zero-order valence-electron chi connectivity index (χ0n) is 29.1. The van der Waals surface area contributed by atoms with Crippen molar-refractivity contribution in [3.63, 3.8) is 0 Å². The molecule has 0 heterocycles. The topological polar surface area (TPSA) is 61.8 Å². The highest BCUT2D eigenvalue weighted by molar-refractivity contribution is 6.83. The summed E-state index contributed by atoms with van der Waals surface area (Å²) in [5, 5.41) is 0. The number of carbonyl (C=O) groups is 2. The van der Waals surface area contributed by atoms with Gasteiger partial charge >= 0.3 is 11.9 Å². The van der Waals surface area contributed by atoms with Gasteiger partial charge in [0.25, 0.3) is 0 Å². The minimum Gasteiger partial charge on any atom is -0.494 e. The third-order valence-electron chi connectivity index (χ3n) is 7.80. The number of benzene rings is 3. The van der Waals surface area contributed by atoms with Crippen LogP contribution in [0.4, 0.5) is 0 Å². The van der Waals surface area contributed by atoms with Crippen LogP contribution in [0.15, 0.2) is 72.8 Å². The third kappa shape index (κ3) is 16.0. The van der Waals surface area contributed by atoms with Gasteiger partial charge in [0.2, 0.25) is 0 Å². The molecule has 47 heavy (non-hydrogen) atoms. The van der Waals surface area contributed by atoms with Crippen LogP contribution in [-0.4, -0.2) is 26.6 Å². The van der Waals surface area contributed by atoms with Gasteiger partial charge in [-0.25, -0.2) is 9.59 Å². The molecule has 0 bridgehead atoms. The van der Waals surface area contributed by atoms with Crippen LogP contribution in [0.5, 0.6) is 17.2 Å². The van der Waals surface area contributed by atoms with Crippen LogP contribution >= 0.6 is 0 Å². The molecule has 0 radical (unpaired) electrons. The average molecular weight is 655 g/mol. The van der Waals surface area contributed by atoms with E-state index in [0.29, 0.717) is 29.2 Å². The van der Waals surface area contributed by atoms with Crippen molar-refractivity contribution in [1.29, 1.82) is 0 Å². The van der Waals surface area contributed by atoms with Gasteiger partial charge < -0.3 is 14.2 Å². The van der Waals surface area contributed by atoms with Gasteiger partial charge in [0.1, 0.15) is 25.3 Å². The Kier molecular flexibility index (Phi) is 16.9. The van der Waals surface area contributed by atoms with E-state index in [9.17, 15) is 9.59 Å². The Morgan fingerprint density at radius 1 is 0.532 bits per heavy atom. The summed E-state index contributed by atoms with van der Waals surface area (Å²) >= 11 is 0. The van der Waals surface area contributed by atoms with Crippen LogP contribution in [0.3, 0.4) is 0 Å². The summed E-state index contributed by atoms with van der Waals surface area (Å²) in [7, 11) is -1.46.